The van der Waals surface area contributed by atoms with Gasteiger partial charge >= 0.3 is 12.3 Å². The SMILES string of the molecule is CCOC(=O)N[C@@H](CC(=O)Nc1cccc(C(F)(F)F)c1)c1ccccc1. The Kier molecular flexibility index (Phi) is 6.81. The summed E-state index contributed by atoms with van der Waals surface area (Å²) in [6, 6.07) is 12.4. The number of carbonyl (C=O) groups excluding carboxylic acids is 2. The lowest BCUT2D eigenvalue weighted by atomic mass is 10.0. The largest absolute Gasteiger partial charge is 0.450 e. The molecule has 2 amide bonds. The van der Waals surface area contributed by atoms with E-state index in [1.54, 1.807) is 37.3 Å². The number of benzene rings is 2. The maximum absolute atomic E-state index is 12.8. The number of hydrogen-bond donors (Lipinski definition) is 2. The molecule has 0 bridgehead atoms. The molecule has 1 atom stereocenters. The lowest BCUT2D eigenvalue weighted by molar-refractivity contribution is -0.137. The Morgan fingerprint density at radius 3 is 2.41 bits per heavy atom. The maximum atomic E-state index is 12.8. The van der Waals surface area contributed by atoms with Crippen LogP contribution in [0.3, 0.4) is 0 Å². The van der Waals surface area contributed by atoms with E-state index in [0.717, 1.165) is 12.1 Å². The molecule has 0 aliphatic carbocycles. The predicted octanol–water partition coefficient (Wildman–Crippen LogP) is 4.52. The average molecular weight is 380 g/mol. The summed E-state index contributed by atoms with van der Waals surface area (Å²) in [5.41, 5.74) is -0.160. The summed E-state index contributed by atoms with van der Waals surface area (Å²) in [4.78, 5) is 24.0. The van der Waals surface area contributed by atoms with Crippen molar-refractivity contribution in [2.24, 2.45) is 0 Å². The Labute approximate surface area is 154 Å². The Bertz CT molecular complexity index is 779. The molecule has 27 heavy (non-hydrogen) atoms. The van der Waals surface area contributed by atoms with E-state index >= 15 is 0 Å². The van der Waals surface area contributed by atoms with Crippen molar-refractivity contribution in [1.29, 1.82) is 0 Å². The monoisotopic (exact) mass is 380 g/mol. The van der Waals surface area contributed by atoms with Crippen LogP contribution in [0.2, 0.25) is 0 Å². The first kappa shape index (κ1) is 20.3. The van der Waals surface area contributed by atoms with Crippen LogP contribution in [0, 0.1) is 0 Å². The molecule has 0 aliphatic heterocycles. The fourth-order valence-corrected chi connectivity index (χ4v) is 2.42. The van der Waals surface area contributed by atoms with E-state index in [-0.39, 0.29) is 18.7 Å². The Morgan fingerprint density at radius 1 is 1.07 bits per heavy atom. The number of amides is 2. The lowest BCUT2D eigenvalue weighted by Crippen LogP contribution is -2.32. The minimum Gasteiger partial charge on any atom is -0.450 e. The summed E-state index contributed by atoms with van der Waals surface area (Å²) in [6.45, 7) is 1.82. The molecule has 2 aromatic carbocycles. The number of halogens is 3. The van der Waals surface area contributed by atoms with Crippen LogP contribution in [0.4, 0.5) is 23.7 Å². The van der Waals surface area contributed by atoms with Gasteiger partial charge in [0.15, 0.2) is 0 Å². The fourth-order valence-electron chi connectivity index (χ4n) is 2.42. The third-order valence-electron chi connectivity index (χ3n) is 3.63. The van der Waals surface area contributed by atoms with Crippen LogP contribution in [0.15, 0.2) is 54.6 Å². The first-order chi connectivity index (χ1) is 12.8. The third kappa shape index (κ3) is 6.32. The molecule has 0 aliphatic rings. The summed E-state index contributed by atoms with van der Waals surface area (Å²) in [5, 5.41) is 5.01. The summed E-state index contributed by atoms with van der Waals surface area (Å²) in [7, 11) is 0. The molecular formula is C19H19F3N2O3. The second-order valence-corrected chi connectivity index (χ2v) is 5.66. The van der Waals surface area contributed by atoms with E-state index < -0.39 is 29.8 Å². The lowest BCUT2D eigenvalue weighted by Gasteiger charge is -2.19. The Morgan fingerprint density at radius 2 is 1.78 bits per heavy atom. The number of ether oxygens (including phenoxy) is 1. The van der Waals surface area contributed by atoms with E-state index in [1.807, 2.05) is 0 Å². The number of alkyl halides is 3. The Balaban J connectivity index is 2.10. The van der Waals surface area contributed by atoms with Crippen molar-refractivity contribution in [3.63, 3.8) is 0 Å². The number of nitrogens with one attached hydrogen (secondary N) is 2. The molecular weight excluding hydrogens is 361 g/mol. The molecule has 144 valence electrons. The van der Waals surface area contributed by atoms with Gasteiger partial charge in [-0.15, -0.1) is 0 Å². The minimum absolute atomic E-state index is 0.0257. The normalized spacial score (nSPS) is 12.1. The number of anilines is 1. The second kappa shape index (κ2) is 9.07. The average Bonchev–Trinajstić information content (AvgIpc) is 2.61. The molecule has 8 heteroatoms. The standard InChI is InChI=1S/C19H19F3N2O3/c1-2-27-18(26)24-16(13-7-4-3-5-8-13)12-17(25)23-15-10-6-9-14(11-15)19(20,21)22/h3-11,16H,2,12H2,1H3,(H,23,25)(H,24,26)/t16-/m0/s1. The number of rotatable bonds is 6. The molecule has 0 aromatic heterocycles. The van der Waals surface area contributed by atoms with Gasteiger partial charge in [0.2, 0.25) is 5.91 Å². The highest BCUT2D eigenvalue weighted by Crippen LogP contribution is 2.30. The molecule has 0 spiro atoms. The van der Waals surface area contributed by atoms with Crippen LogP contribution in [-0.2, 0) is 15.7 Å². The van der Waals surface area contributed by atoms with E-state index in [0.29, 0.717) is 5.56 Å². The van der Waals surface area contributed by atoms with Gasteiger partial charge in [0.1, 0.15) is 0 Å². The highest BCUT2D eigenvalue weighted by atomic mass is 19.4. The van der Waals surface area contributed by atoms with Gasteiger partial charge in [-0.1, -0.05) is 36.4 Å². The van der Waals surface area contributed by atoms with Crippen LogP contribution < -0.4 is 10.6 Å². The molecule has 0 radical (unpaired) electrons. The molecule has 0 unspecified atom stereocenters. The smallest absolute Gasteiger partial charge is 0.416 e. The summed E-state index contributed by atoms with van der Waals surface area (Å²) in [5.74, 6) is -0.542. The Hall–Kier alpha value is -3.03. The van der Waals surface area contributed by atoms with Crippen molar-refractivity contribution in [3.8, 4) is 0 Å². The summed E-state index contributed by atoms with van der Waals surface area (Å²) < 4.78 is 43.2. The van der Waals surface area contributed by atoms with Crippen molar-refractivity contribution in [2.45, 2.75) is 25.6 Å². The van der Waals surface area contributed by atoms with Crippen molar-refractivity contribution >= 4 is 17.7 Å². The zero-order valence-corrected chi connectivity index (χ0v) is 14.5. The van der Waals surface area contributed by atoms with Gasteiger partial charge in [-0.3, -0.25) is 4.79 Å². The van der Waals surface area contributed by atoms with E-state index in [9.17, 15) is 22.8 Å². The van der Waals surface area contributed by atoms with Crippen LogP contribution >= 0.6 is 0 Å². The number of carbonyl (C=O) groups is 2. The highest BCUT2D eigenvalue weighted by molar-refractivity contribution is 5.91. The van der Waals surface area contributed by atoms with E-state index in [1.165, 1.54) is 12.1 Å². The second-order valence-electron chi connectivity index (χ2n) is 5.66. The topological polar surface area (TPSA) is 67.4 Å². The molecule has 0 saturated heterocycles. The highest BCUT2D eigenvalue weighted by Gasteiger charge is 2.30. The van der Waals surface area contributed by atoms with Crippen LogP contribution in [0.1, 0.15) is 30.5 Å². The molecule has 0 fully saturated rings. The molecule has 2 N–H and O–H groups in total. The quantitative estimate of drug-likeness (QED) is 0.774. The number of alkyl carbamates (subject to hydrolysis) is 1. The van der Waals surface area contributed by atoms with Gasteiger partial charge in [-0.05, 0) is 30.7 Å². The maximum Gasteiger partial charge on any atom is 0.416 e. The van der Waals surface area contributed by atoms with Crippen molar-refractivity contribution in [3.05, 3.63) is 65.7 Å². The van der Waals surface area contributed by atoms with Crippen molar-refractivity contribution in [2.75, 3.05) is 11.9 Å². The zero-order valence-electron chi connectivity index (χ0n) is 14.5. The van der Waals surface area contributed by atoms with Crippen LogP contribution in [0.25, 0.3) is 0 Å². The minimum atomic E-state index is -4.50. The number of hydrogen-bond acceptors (Lipinski definition) is 3. The van der Waals surface area contributed by atoms with Crippen LogP contribution in [-0.4, -0.2) is 18.6 Å². The molecule has 2 aromatic rings. The molecule has 0 heterocycles. The van der Waals surface area contributed by atoms with Gasteiger partial charge < -0.3 is 15.4 Å². The van der Waals surface area contributed by atoms with Gasteiger partial charge in [0, 0.05) is 5.69 Å². The summed E-state index contributed by atoms with van der Waals surface area (Å²) in [6.07, 6.45) is -5.35. The van der Waals surface area contributed by atoms with Crippen LogP contribution in [0.5, 0.6) is 0 Å². The predicted molar refractivity (Wildman–Crippen MR) is 94.0 cm³/mol. The first-order valence-electron chi connectivity index (χ1n) is 8.25. The molecule has 2 rings (SSSR count). The first-order valence-corrected chi connectivity index (χ1v) is 8.25. The van der Waals surface area contributed by atoms with Gasteiger partial charge in [-0.25, -0.2) is 4.79 Å². The van der Waals surface area contributed by atoms with E-state index in [2.05, 4.69) is 10.6 Å². The van der Waals surface area contributed by atoms with Gasteiger partial charge in [-0.2, -0.15) is 13.2 Å². The van der Waals surface area contributed by atoms with Crippen molar-refractivity contribution in [1.82, 2.24) is 5.32 Å². The molecule has 0 saturated carbocycles. The van der Waals surface area contributed by atoms with E-state index in [4.69, 9.17) is 4.74 Å². The van der Waals surface area contributed by atoms with Gasteiger partial charge in [0.05, 0.1) is 24.6 Å². The zero-order chi connectivity index (χ0) is 19.9. The summed E-state index contributed by atoms with van der Waals surface area (Å²) >= 11 is 0. The fraction of sp³-hybridized carbons (Fsp3) is 0.263. The third-order valence-corrected chi connectivity index (χ3v) is 3.63. The van der Waals surface area contributed by atoms with Crippen molar-refractivity contribution < 1.29 is 27.5 Å². The van der Waals surface area contributed by atoms with Gasteiger partial charge in [0.25, 0.3) is 0 Å². The molecule has 5 nitrogen and oxygen atoms in total.